The van der Waals surface area contributed by atoms with Crippen LogP contribution >= 0.6 is 11.8 Å². The topological polar surface area (TPSA) is 58.2 Å². The van der Waals surface area contributed by atoms with Crippen molar-refractivity contribution in [2.24, 2.45) is 0 Å². The number of fused-ring (bicyclic) bond motifs is 1. The molecule has 1 N–H and O–H groups in total. The lowest BCUT2D eigenvalue weighted by atomic mass is 10.2. The number of benzene rings is 2. The van der Waals surface area contributed by atoms with Gasteiger partial charge in [0.25, 0.3) is 0 Å². The van der Waals surface area contributed by atoms with Crippen LogP contribution in [0.4, 0.5) is 5.69 Å². The van der Waals surface area contributed by atoms with Crippen molar-refractivity contribution in [1.29, 1.82) is 0 Å². The van der Waals surface area contributed by atoms with Crippen LogP contribution in [0.15, 0.2) is 53.7 Å². The smallest absolute Gasteiger partial charge is 0.237 e. The summed E-state index contributed by atoms with van der Waals surface area (Å²) in [5.74, 6) is 1.20. The molecule has 0 spiro atoms. The first kappa shape index (κ1) is 18.3. The van der Waals surface area contributed by atoms with E-state index in [1.165, 1.54) is 11.8 Å². The van der Waals surface area contributed by atoms with Crippen molar-refractivity contribution in [2.75, 3.05) is 17.3 Å². The van der Waals surface area contributed by atoms with Crippen LogP contribution in [-0.4, -0.2) is 34.3 Å². The van der Waals surface area contributed by atoms with Crippen molar-refractivity contribution in [2.45, 2.75) is 32.0 Å². The minimum Gasteiger partial charge on any atom is -0.494 e. The Morgan fingerprint density at radius 1 is 1.23 bits per heavy atom. The molecule has 3 rings (SSSR count). The van der Waals surface area contributed by atoms with Gasteiger partial charge in [-0.3, -0.25) is 4.79 Å². The molecular weight excluding hydrogens is 346 g/mol. The van der Waals surface area contributed by atoms with Crippen LogP contribution in [0.1, 0.15) is 20.8 Å². The first-order chi connectivity index (χ1) is 12.6. The van der Waals surface area contributed by atoms with E-state index in [9.17, 15) is 4.79 Å². The van der Waals surface area contributed by atoms with Crippen LogP contribution < -0.4 is 9.64 Å². The number of hydrogen-bond acceptors (Lipinski definition) is 4. The summed E-state index contributed by atoms with van der Waals surface area (Å²) in [7, 11) is 0. The van der Waals surface area contributed by atoms with E-state index < -0.39 is 0 Å². The molecule has 0 aliphatic rings. The second kappa shape index (κ2) is 8.27. The number of thioether (sulfide) groups is 1. The van der Waals surface area contributed by atoms with Gasteiger partial charge in [0, 0.05) is 17.8 Å². The van der Waals surface area contributed by atoms with Crippen LogP contribution in [0.3, 0.4) is 0 Å². The minimum absolute atomic E-state index is 0.0617. The van der Waals surface area contributed by atoms with Gasteiger partial charge in [-0.05, 0) is 45.0 Å². The van der Waals surface area contributed by atoms with E-state index >= 15 is 0 Å². The second-order valence-corrected chi connectivity index (χ2v) is 7.10. The zero-order chi connectivity index (χ0) is 18.5. The number of anilines is 1. The summed E-state index contributed by atoms with van der Waals surface area (Å²) < 4.78 is 5.51. The summed E-state index contributed by atoms with van der Waals surface area (Å²) in [5.41, 5.74) is 2.70. The maximum Gasteiger partial charge on any atom is 0.237 e. The largest absolute Gasteiger partial charge is 0.494 e. The first-order valence-corrected chi connectivity index (χ1v) is 9.69. The van der Waals surface area contributed by atoms with Gasteiger partial charge in [0.2, 0.25) is 5.91 Å². The highest BCUT2D eigenvalue weighted by Gasteiger charge is 2.19. The molecule has 1 heterocycles. The SMILES string of the molecule is CCOc1ccc2nc(SCC(=O)N(c3ccccc3)C(C)C)[nH]c2c1. The van der Waals surface area contributed by atoms with Gasteiger partial charge in [0.15, 0.2) is 5.16 Å². The van der Waals surface area contributed by atoms with Gasteiger partial charge in [0.05, 0.1) is 23.4 Å². The first-order valence-electron chi connectivity index (χ1n) is 8.71. The number of ether oxygens (including phenoxy) is 1. The van der Waals surface area contributed by atoms with Crippen LogP contribution in [0.2, 0.25) is 0 Å². The van der Waals surface area contributed by atoms with Crippen molar-refractivity contribution in [3.05, 3.63) is 48.5 Å². The summed E-state index contributed by atoms with van der Waals surface area (Å²) in [6.45, 7) is 6.62. The predicted molar refractivity (Wildman–Crippen MR) is 107 cm³/mol. The molecule has 0 saturated carbocycles. The molecule has 0 aliphatic heterocycles. The van der Waals surface area contributed by atoms with E-state index in [1.807, 2.05) is 74.2 Å². The number of aromatic nitrogens is 2. The van der Waals surface area contributed by atoms with Gasteiger partial charge in [-0.2, -0.15) is 0 Å². The summed E-state index contributed by atoms with van der Waals surface area (Å²) in [4.78, 5) is 22.4. The zero-order valence-electron chi connectivity index (χ0n) is 15.2. The molecule has 0 atom stereocenters. The Labute approximate surface area is 157 Å². The normalized spacial score (nSPS) is 11.1. The number of rotatable bonds is 7. The fourth-order valence-corrected chi connectivity index (χ4v) is 3.55. The minimum atomic E-state index is 0.0617. The number of amides is 1. The molecule has 26 heavy (non-hydrogen) atoms. The number of H-pyrrole nitrogens is 1. The highest BCUT2D eigenvalue weighted by atomic mass is 32.2. The third-order valence-electron chi connectivity index (χ3n) is 3.89. The Morgan fingerprint density at radius 3 is 2.69 bits per heavy atom. The average molecular weight is 369 g/mol. The van der Waals surface area contributed by atoms with Gasteiger partial charge in [0.1, 0.15) is 5.75 Å². The Balaban J connectivity index is 1.71. The van der Waals surface area contributed by atoms with Gasteiger partial charge < -0.3 is 14.6 Å². The summed E-state index contributed by atoms with van der Waals surface area (Å²) in [6, 6.07) is 15.6. The molecule has 1 amide bonds. The molecule has 136 valence electrons. The molecular formula is C20H23N3O2S. The molecule has 5 nitrogen and oxygen atoms in total. The molecule has 1 aromatic heterocycles. The number of nitrogens with zero attached hydrogens (tertiary/aromatic N) is 2. The maximum absolute atomic E-state index is 12.8. The maximum atomic E-state index is 12.8. The van der Waals surface area contributed by atoms with E-state index in [1.54, 1.807) is 0 Å². The molecule has 0 saturated heterocycles. The Hall–Kier alpha value is -2.47. The molecule has 2 aromatic carbocycles. The number of hydrogen-bond donors (Lipinski definition) is 1. The molecule has 0 radical (unpaired) electrons. The van der Waals surface area contributed by atoms with Crippen molar-refractivity contribution in [3.63, 3.8) is 0 Å². The van der Waals surface area contributed by atoms with Crippen molar-refractivity contribution < 1.29 is 9.53 Å². The fraction of sp³-hybridized carbons (Fsp3) is 0.300. The standard InChI is InChI=1S/C20H23N3O2S/c1-4-25-16-10-11-17-18(12-16)22-20(21-17)26-13-19(24)23(14(2)3)15-8-6-5-7-9-15/h5-12,14H,4,13H2,1-3H3,(H,21,22). The fourth-order valence-electron chi connectivity index (χ4n) is 2.81. The lowest BCUT2D eigenvalue weighted by molar-refractivity contribution is -0.116. The van der Waals surface area contributed by atoms with Crippen LogP contribution in [0.25, 0.3) is 11.0 Å². The zero-order valence-corrected chi connectivity index (χ0v) is 16.0. The number of carbonyl (C=O) groups excluding carboxylic acids is 1. The van der Waals surface area contributed by atoms with Crippen LogP contribution in [0, 0.1) is 0 Å². The molecule has 6 heteroatoms. The number of aromatic amines is 1. The summed E-state index contributed by atoms with van der Waals surface area (Å²) >= 11 is 1.42. The third kappa shape index (κ3) is 4.19. The number of carbonyl (C=O) groups is 1. The molecule has 0 unspecified atom stereocenters. The second-order valence-electron chi connectivity index (χ2n) is 6.14. The molecule has 3 aromatic rings. The average Bonchev–Trinajstić information content (AvgIpc) is 3.03. The van der Waals surface area contributed by atoms with Crippen molar-refractivity contribution >= 4 is 34.4 Å². The quantitative estimate of drug-likeness (QED) is 0.623. The van der Waals surface area contributed by atoms with E-state index in [4.69, 9.17) is 4.74 Å². The monoisotopic (exact) mass is 369 g/mol. The summed E-state index contributed by atoms with van der Waals surface area (Å²) in [5, 5.41) is 0.735. The number of nitrogens with one attached hydrogen (secondary N) is 1. The van der Waals surface area contributed by atoms with E-state index in [0.717, 1.165) is 27.6 Å². The van der Waals surface area contributed by atoms with Gasteiger partial charge >= 0.3 is 0 Å². The van der Waals surface area contributed by atoms with Gasteiger partial charge in [-0.15, -0.1) is 0 Å². The van der Waals surface area contributed by atoms with Crippen LogP contribution in [-0.2, 0) is 4.79 Å². The Morgan fingerprint density at radius 2 is 2.00 bits per heavy atom. The van der Waals surface area contributed by atoms with E-state index in [0.29, 0.717) is 12.4 Å². The van der Waals surface area contributed by atoms with Crippen molar-refractivity contribution in [3.8, 4) is 5.75 Å². The molecule has 0 aliphatic carbocycles. The Bertz CT molecular complexity index is 877. The van der Waals surface area contributed by atoms with E-state index in [2.05, 4.69) is 9.97 Å². The number of imidazole rings is 1. The molecule has 0 fully saturated rings. The molecule has 0 bridgehead atoms. The summed E-state index contributed by atoms with van der Waals surface area (Å²) in [6.07, 6.45) is 0. The highest BCUT2D eigenvalue weighted by molar-refractivity contribution is 7.99. The number of para-hydroxylation sites is 1. The van der Waals surface area contributed by atoms with Gasteiger partial charge in [-0.1, -0.05) is 30.0 Å². The third-order valence-corrected chi connectivity index (χ3v) is 4.75. The lowest BCUT2D eigenvalue weighted by Gasteiger charge is -2.26. The van der Waals surface area contributed by atoms with E-state index in [-0.39, 0.29) is 11.9 Å². The van der Waals surface area contributed by atoms with Gasteiger partial charge in [-0.25, -0.2) is 4.98 Å². The lowest BCUT2D eigenvalue weighted by Crippen LogP contribution is -2.38. The van der Waals surface area contributed by atoms with Crippen molar-refractivity contribution in [1.82, 2.24) is 9.97 Å². The predicted octanol–water partition coefficient (Wildman–Crippen LogP) is 4.50. The Kier molecular flexibility index (Phi) is 5.83. The highest BCUT2D eigenvalue weighted by Crippen LogP contribution is 2.25. The van der Waals surface area contributed by atoms with Crippen LogP contribution in [0.5, 0.6) is 5.75 Å².